The molecule has 0 saturated carbocycles. The molecule has 0 unspecified atom stereocenters. The van der Waals surface area contributed by atoms with Gasteiger partial charge in [0.2, 0.25) is 24.0 Å². The largest absolute Gasteiger partial charge is 0.342 e. The van der Waals surface area contributed by atoms with E-state index < -0.39 is 35.2 Å². The lowest BCUT2D eigenvalue weighted by atomic mass is 9.82. The smallest absolute Gasteiger partial charge is 0.246 e. The first-order valence-corrected chi connectivity index (χ1v) is 12.8. The summed E-state index contributed by atoms with van der Waals surface area (Å²) in [7, 11) is 4.62. The van der Waals surface area contributed by atoms with Gasteiger partial charge < -0.3 is 26.2 Å². The summed E-state index contributed by atoms with van der Waals surface area (Å²) in [6, 6.07) is -1.79. The number of amides is 3. The molecule has 207 valence electrons. The third-order valence-corrected chi connectivity index (χ3v) is 6.26. The Labute approximate surface area is 217 Å². The van der Waals surface area contributed by atoms with E-state index in [1.807, 2.05) is 34.0 Å². The van der Waals surface area contributed by atoms with Crippen LogP contribution >= 0.6 is 0 Å². The zero-order chi connectivity index (χ0) is 28.2. The zero-order valence-corrected chi connectivity index (χ0v) is 23.6. The fourth-order valence-corrected chi connectivity index (χ4v) is 4.16. The predicted octanol–water partition coefficient (Wildman–Crippen LogP) is 0.881. The number of rotatable bonds is 17. The van der Waals surface area contributed by atoms with Crippen molar-refractivity contribution in [3.63, 3.8) is 0 Å². The van der Waals surface area contributed by atoms with Crippen LogP contribution in [0.3, 0.4) is 0 Å². The Bertz CT molecular complexity index is 755. The first kappa shape index (κ1) is 33.7. The molecule has 10 heteroatoms. The summed E-state index contributed by atoms with van der Waals surface area (Å²) in [5, 5.41) is 5.60. The monoisotopic (exact) mass is 510 g/mol. The molecule has 3 atom stereocenters. The van der Waals surface area contributed by atoms with E-state index >= 15 is 0 Å². The Morgan fingerprint density at radius 3 is 2.00 bits per heavy atom. The normalized spacial score (nSPS) is 14.8. The minimum Gasteiger partial charge on any atom is -0.342 e. The van der Waals surface area contributed by atoms with Crippen LogP contribution in [0.4, 0.5) is 0 Å². The number of hydrogen-bond donors (Lipinski definition) is 3. The molecule has 0 rings (SSSR count). The number of carbonyl (C=O) groups excluding carboxylic acids is 5. The van der Waals surface area contributed by atoms with E-state index in [2.05, 4.69) is 10.6 Å². The Morgan fingerprint density at radius 1 is 1.00 bits per heavy atom. The number of carbonyl (C=O) groups is 4. The second kappa shape index (κ2) is 15.7. The van der Waals surface area contributed by atoms with Crippen molar-refractivity contribution in [3.05, 3.63) is 0 Å². The highest BCUT2D eigenvalue weighted by Crippen LogP contribution is 2.26. The van der Waals surface area contributed by atoms with Crippen molar-refractivity contribution in [1.29, 1.82) is 0 Å². The molecule has 0 spiro atoms. The summed E-state index contributed by atoms with van der Waals surface area (Å²) < 4.78 is 0. The Kier molecular flexibility index (Phi) is 14.7. The molecule has 0 bridgehead atoms. The van der Waals surface area contributed by atoms with Gasteiger partial charge in [0.05, 0.1) is 6.54 Å². The maximum atomic E-state index is 13.7. The molecule has 0 heterocycles. The molecular weight excluding hydrogens is 462 g/mol. The Morgan fingerprint density at radius 2 is 1.58 bits per heavy atom. The summed E-state index contributed by atoms with van der Waals surface area (Å²) in [4.78, 5) is 67.5. The highest BCUT2D eigenvalue weighted by Gasteiger charge is 2.47. The van der Waals surface area contributed by atoms with Crippen LogP contribution in [-0.2, 0) is 24.0 Å². The number of ketones is 1. The van der Waals surface area contributed by atoms with Crippen LogP contribution in [-0.4, -0.2) is 91.4 Å². The van der Waals surface area contributed by atoms with Crippen molar-refractivity contribution < 1.29 is 24.0 Å². The maximum absolute atomic E-state index is 13.7. The molecule has 0 aliphatic rings. The van der Waals surface area contributed by atoms with Crippen LogP contribution in [0.2, 0.25) is 0 Å². The molecule has 0 aromatic carbocycles. The van der Waals surface area contributed by atoms with Crippen LogP contribution in [0.25, 0.3) is 0 Å². The standard InChI is InChI=1S/C26H48N5O5/c1-17(2)13-20(30(8)22(34)15-28-7)24(35)29-23(19(5)6)25(36)31(9)26(16-32,14-18(3)4)21(33)11-10-12-27/h17-20,23,28H,10-15,27H2,1-9H3,(H,29,35)/t20-,23-,26-/m0/s1. The van der Waals surface area contributed by atoms with Crippen LogP contribution in [0.5, 0.6) is 0 Å². The first-order valence-electron chi connectivity index (χ1n) is 12.8. The van der Waals surface area contributed by atoms with Crippen molar-refractivity contribution in [1.82, 2.24) is 20.4 Å². The van der Waals surface area contributed by atoms with Gasteiger partial charge in [0.25, 0.3) is 0 Å². The van der Waals surface area contributed by atoms with Gasteiger partial charge >= 0.3 is 0 Å². The summed E-state index contributed by atoms with van der Waals surface area (Å²) in [5.41, 5.74) is 3.79. The number of nitrogens with zero attached hydrogens (tertiary/aromatic N) is 2. The maximum Gasteiger partial charge on any atom is 0.246 e. The quantitative estimate of drug-likeness (QED) is 0.247. The fraction of sp³-hybridized carbons (Fsp3) is 0.808. The third kappa shape index (κ3) is 9.28. The molecule has 36 heavy (non-hydrogen) atoms. The number of nitrogens with one attached hydrogen (secondary N) is 2. The van der Waals surface area contributed by atoms with Gasteiger partial charge in [0.1, 0.15) is 12.1 Å². The average Bonchev–Trinajstić information content (AvgIpc) is 2.80. The minimum absolute atomic E-state index is 0.0453. The summed E-state index contributed by atoms with van der Waals surface area (Å²) in [6.45, 7) is 11.5. The molecular formula is C26H48N5O5. The second-order valence-corrected chi connectivity index (χ2v) is 10.7. The number of Topliss-reactive ketones (excluding diaryl/α,β-unsaturated/α-hetero) is 1. The summed E-state index contributed by atoms with van der Waals surface area (Å²) in [6.07, 6.45) is 2.82. The van der Waals surface area contributed by atoms with Crippen molar-refractivity contribution >= 4 is 29.8 Å². The van der Waals surface area contributed by atoms with Crippen LogP contribution in [0.15, 0.2) is 0 Å². The lowest BCUT2D eigenvalue weighted by Gasteiger charge is -2.40. The highest BCUT2D eigenvalue weighted by molar-refractivity contribution is 6.07. The van der Waals surface area contributed by atoms with Gasteiger partial charge in [-0.25, -0.2) is 0 Å². The van der Waals surface area contributed by atoms with Crippen molar-refractivity contribution in [2.75, 3.05) is 34.2 Å². The van der Waals surface area contributed by atoms with E-state index in [1.54, 1.807) is 27.9 Å². The molecule has 1 radical (unpaired) electrons. The molecule has 0 aromatic rings. The fourth-order valence-electron chi connectivity index (χ4n) is 4.16. The van der Waals surface area contributed by atoms with Crippen molar-refractivity contribution in [2.24, 2.45) is 23.5 Å². The van der Waals surface area contributed by atoms with Crippen molar-refractivity contribution in [3.8, 4) is 0 Å². The average molecular weight is 511 g/mol. The van der Waals surface area contributed by atoms with Crippen LogP contribution in [0, 0.1) is 17.8 Å². The number of hydrogen-bond acceptors (Lipinski definition) is 7. The SMILES string of the molecule is CNCC(=O)N(C)[C@@H](CC(C)C)C(=O)N[C@H](C(=O)N(C)[C@]([C]=O)(CC(C)C)C(=O)CCCN)C(C)C. The van der Waals surface area contributed by atoms with E-state index in [0.29, 0.717) is 12.8 Å². The van der Waals surface area contributed by atoms with Crippen molar-refractivity contribution in [2.45, 2.75) is 84.8 Å². The van der Waals surface area contributed by atoms with Gasteiger partial charge in [0.15, 0.2) is 11.3 Å². The zero-order valence-electron chi connectivity index (χ0n) is 23.6. The predicted molar refractivity (Wildman–Crippen MR) is 141 cm³/mol. The van der Waals surface area contributed by atoms with E-state index in [1.165, 1.54) is 11.9 Å². The first-order chi connectivity index (χ1) is 16.7. The molecule has 0 saturated heterocycles. The minimum atomic E-state index is -1.77. The number of likely N-dealkylation sites (N-methyl/N-ethyl adjacent to an activating group) is 3. The highest BCUT2D eigenvalue weighted by atomic mass is 16.2. The Hall–Kier alpha value is -2.33. The number of nitrogens with two attached hydrogens (primary N) is 1. The van der Waals surface area contributed by atoms with Gasteiger partial charge in [0, 0.05) is 20.5 Å². The van der Waals surface area contributed by atoms with Gasteiger partial charge in [-0.15, -0.1) is 0 Å². The molecule has 0 fully saturated rings. The van der Waals surface area contributed by atoms with E-state index in [9.17, 15) is 24.0 Å². The van der Waals surface area contributed by atoms with E-state index in [0.717, 1.165) is 4.90 Å². The van der Waals surface area contributed by atoms with Gasteiger partial charge in [-0.2, -0.15) is 0 Å². The molecule has 0 aliphatic carbocycles. The second-order valence-electron chi connectivity index (χ2n) is 10.7. The molecule has 0 aliphatic heterocycles. The molecule has 3 amide bonds. The van der Waals surface area contributed by atoms with Crippen LogP contribution < -0.4 is 16.4 Å². The third-order valence-electron chi connectivity index (χ3n) is 6.26. The molecule has 0 aromatic heterocycles. The van der Waals surface area contributed by atoms with E-state index in [-0.39, 0.29) is 49.6 Å². The van der Waals surface area contributed by atoms with E-state index in [4.69, 9.17) is 5.73 Å². The van der Waals surface area contributed by atoms with Gasteiger partial charge in [-0.1, -0.05) is 41.5 Å². The van der Waals surface area contributed by atoms with Gasteiger partial charge in [-0.3, -0.25) is 24.0 Å². The lowest BCUT2D eigenvalue weighted by Crippen LogP contribution is -2.63. The topological polar surface area (TPSA) is 142 Å². The van der Waals surface area contributed by atoms with Gasteiger partial charge in [-0.05, 0) is 50.6 Å². The summed E-state index contributed by atoms with van der Waals surface area (Å²) in [5.74, 6) is -1.99. The Balaban J connectivity index is 6.16. The molecule has 4 N–H and O–H groups in total. The lowest BCUT2D eigenvalue weighted by molar-refractivity contribution is -0.147. The molecule has 10 nitrogen and oxygen atoms in total. The van der Waals surface area contributed by atoms with Crippen LogP contribution in [0.1, 0.15) is 67.2 Å². The summed E-state index contributed by atoms with van der Waals surface area (Å²) >= 11 is 0.